The van der Waals surface area contributed by atoms with Crippen molar-refractivity contribution in [3.63, 3.8) is 0 Å². The summed E-state index contributed by atoms with van der Waals surface area (Å²) in [6.07, 6.45) is 7.44. The van der Waals surface area contributed by atoms with Gasteiger partial charge in [0.2, 0.25) is 0 Å². The summed E-state index contributed by atoms with van der Waals surface area (Å²) >= 11 is 0. The summed E-state index contributed by atoms with van der Waals surface area (Å²) in [5, 5.41) is 0. The minimum Gasteiger partial charge on any atom is -0.318 e. The highest BCUT2D eigenvalue weighted by Crippen LogP contribution is 2.24. The average Bonchev–Trinajstić information content (AvgIpc) is 2.97. The predicted molar refractivity (Wildman–Crippen MR) is 63.8 cm³/mol. The Bertz CT molecular complexity index is 403. The highest BCUT2D eigenvalue weighted by Gasteiger charge is 2.36. The van der Waals surface area contributed by atoms with Crippen LogP contribution in [0.5, 0.6) is 0 Å². The number of piperazine rings is 1. The summed E-state index contributed by atoms with van der Waals surface area (Å²) in [6.45, 7) is 5.19. The molecule has 2 saturated heterocycles. The summed E-state index contributed by atoms with van der Waals surface area (Å²) in [6, 6.07) is 0.916. The third-order valence-electron chi connectivity index (χ3n) is 3.91. The van der Waals surface area contributed by atoms with Gasteiger partial charge < -0.3 is 4.90 Å². The maximum absolute atomic E-state index is 12.3. The third-order valence-corrected chi connectivity index (χ3v) is 3.91. The summed E-state index contributed by atoms with van der Waals surface area (Å²) in [5.41, 5.74) is 0. The number of nitrogens with zero attached hydrogens (tertiary/aromatic N) is 4. The van der Waals surface area contributed by atoms with E-state index in [0.29, 0.717) is 12.1 Å². The molecule has 5 nitrogen and oxygen atoms in total. The van der Waals surface area contributed by atoms with Gasteiger partial charge in [-0.15, -0.1) is 0 Å². The van der Waals surface area contributed by atoms with E-state index in [0.717, 1.165) is 13.1 Å². The van der Waals surface area contributed by atoms with Crippen LogP contribution in [0.2, 0.25) is 0 Å². The number of rotatable bonds is 0. The standard InChI is InChI=1S/C12H18N4O/c1-10-7-14-5-2-3-11(14)8-16(10)12(17)15-6-4-13-9-15/h4,6,9-11H,2-3,5,7-8H2,1H3. The molecule has 2 aliphatic heterocycles. The van der Waals surface area contributed by atoms with E-state index in [-0.39, 0.29) is 6.03 Å². The molecule has 3 heterocycles. The zero-order valence-electron chi connectivity index (χ0n) is 10.1. The summed E-state index contributed by atoms with van der Waals surface area (Å²) < 4.78 is 1.57. The quantitative estimate of drug-likeness (QED) is 0.673. The highest BCUT2D eigenvalue weighted by atomic mass is 16.2. The Kier molecular flexibility index (Phi) is 2.63. The number of carbonyl (C=O) groups is 1. The molecule has 2 unspecified atom stereocenters. The molecule has 1 aromatic rings. The fraction of sp³-hybridized carbons (Fsp3) is 0.667. The lowest BCUT2D eigenvalue weighted by molar-refractivity contribution is 0.0809. The van der Waals surface area contributed by atoms with Crippen LogP contribution in [-0.4, -0.2) is 57.1 Å². The van der Waals surface area contributed by atoms with Crippen molar-refractivity contribution in [2.45, 2.75) is 31.8 Å². The molecule has 0 saturated carbocycles. The molecular weight excluding hydrogens is 216 g/mol. The molecular formula is C12H18N4O. The molecule has 2 atom stereocenters. The van der Waals surface area contributed by atoms with Crippen molar-refractivity contribution < 1.29 is 4.79 Å². The zero-order chi connectivity index (χ0) is 11.8. The molecule has 92 valence electrons. The second kappa shape index (κ2) is 4.14. The van der Waals surface area contributed by atoms with Gasteiger partial charge in [-0.3, -0.25) is 9.47 Å². The normalized spacial score (nSPS) is 29.4. The first-order chi connectivity index (χ1) is 8.25. The van der Waals surface area contributed by atoms with Gasteiger partial charge in [-0.25, -0.2) is 9.78 Å². The van der Waals surface area contributed by atoms with Crippen molar-refractivity contribution in [1.29, 1.82) is 0 Å². The maximum Gasteiger partial charge on any atom is 0.329 e. The van der Waals surface area contributed by atoms with Crippen LogP contribution in [0.25, 0.3) is 0 Å². The number of carbonyl (C=O) groups excluding carboxylic acids is 1. The number of fused-ring (bicyclic) bond motifs is 1. The minimum absolute atomic E-state index is 0.0570. The molecule has 1 aromatic heterocycles. The molecule has 17 heavy (non-hydrogen) atoms. The zero-order valence-corrected chi connectivity index (χ0v) is 10.1. The van der Waals surface area contributed by atoms with E-state index in [9.17, 15) is 4.79 Å². The molecule has 0 aliphatic carbocycles. The molecule has 0 N–H and O–H groups in total. The Morgan fingerprint density at radius 3 is 3.06 bits per heavy atom. The maximum atomic E-state index is 12.3. The Balaban J connectivity index is 1.76. The van der Waals surface area contributed by atoms with Crippen molar-refractivity contribution in [2.24, 2.45) is 0 Å². The van der Waals surface area contributed by atoms with E-state index in [1.807, 2.05) is 4.90 Å². The van der Waals surface area contributed by atoms with Gasteiger partial charge in [0.15, 0.2) is 0 Å². The van der Waals surface area contributed by atoms with Crippen molar-refractivity contribution >= 4 is 6.03 Å². The van der Waals surface area contributed by atoms with Gasteiger partial charge in [0, 0.05) is 37.6 Å². The van der Waals surface area contributed by atoms with E-state index >= 15 is 0 Å². The fourth-order valence-corrected chi connectivity index (χ4v) is 2.97. The summed E-state index contributed by atoms with van der Waals surface area (Å²) in [7, 11) is 0. The van der Waals surface area contributed by atoms with Crippen LogP contribution in [0, 0.1) is 0 Å². The number of hydrogen-bond donors (Lipinski definition) is 0. The topological polar surface area (TPSA) is 41.4 Å². The van der Waals surface area contributed by atoms with Gasteiger partial charge in [-0.2, -0.15) is 0 Å². The summed E-state index contributed by atoms with van der Waals surface area (Å²) in [4.78, 5) is 20.7. The van der Waals surface area contributed by atoms with E-state index in [2.05, 4.69) is 16.8 Å². The fourth-order valence-electron chi connectivity index (χ4n) is 2.97. The van der Waals surface area contributed by atoms with Gasteiger partial charge in [0.1, 0.15) is 6.33 Å². The lowest BCUT2D eigenvalue weighted by Gasteiger charge is -2.42. The molecule has 1 amide bonds. The summed E-state index contributed by atoms with van der Waals surface area (Å²) in [5.74, 6) is 0. The van der Waals surface area contributed by atoms with Crippen LogP contribution >= 0.6 is 0 Å². The minimum atomic E-state index is 0.0570. The van der Waals surface area contributed by atoms with Crippen LogP contribution in [0.1, 0.15) is 19.8 Å². The van der Waals surface area contributed by atoms with Gasteiger partial charge in [-0.05, 0) is 26.3 Å². The van der Waals surface area contributed by atoms with E-state index in [1.54, 1.807) is 23.3 Å². The second-order valence-electron chi connectivity index (χ2n) is 5.04. The first-order valence-electron chi connectivity index (χ1n) is 6.28. The lowest BCUT2D eigenvalue weighted by Crippen LogP contribution is -2.57. The number of imidazole rings is 1. The first-order valence-corrected chi connectivity index (χ1v) is 6.28. The second-order valence-corrected chi connectivity index (χ2v) is 5.04. The Morgan fingerprint density at radius 2 is 2.29 bits per heavy atom. The van der Waals surface area contributed by atoms with Crippen LogP contribution in [0.3, 0.4) is 0 Å². The van der Waals surface area contributed by atoms with Gasteiger partial charge in [-0.1, -0.05) is 0 Å². The monoisotopic (exact) mass is 234 g/mol. The van der Waals surface area contributed by atoms with Crippen molar-refractivity contribution in [3.05, 3.63) is 18.7 Å². The molecule has 5 heteroatoms. The van der Waals surface area contributed by atoms with E-state index < -0.39 is 0 Å². The van der Waals surface area contributed by atoms with E-state index in [4.69, 9.17) is 0 Å². The molecule has 0 radical (unpaired) electrons. The molecule has 0 aromatic carbocycles. The molecule has 2 aliphatic rings. The molecule has 0 bridgehead atoms. The van der Waals surface area contributed by atoms with Crippen molar-refractivity contribution in [1.82, 2.24) is 19.4 Å². The Hall–Kier alpha value is -1.36. The van der Waals surface area contributed by atoms with Gasteiger partial charge >= 0.3 is 6.03 Å². The van der Waals surface area contributed by atoms with Crippen molar-refractivity contribution in [2.75, 3.05) is 19.6 Å². The number of aromatic nitrogens is 2. The Morgan fingerprint density at radius 1 is 1.41 bits per heavy atom. The van der Waals surface area contributed by atoms with Gasteiger partial charge in [0.25, 0.3) is 0 Å². The smallest absolute Gasteiger partial charge is 0.318 e. The van der Waals surface area contributed by atoms with Crippen LogP contribution in [0.15, 0.2) is 18.7 Å². The number of amides is 1. The molecule has 3 rings (SSSR count). The van der Waals surface area contributed by atoms with Crippen LogP contribution < -0.4 is 0 Å². The van der Waals surface area contributed by atoms with E-state index in [1.165, 1.54) is 19.4 Å². The largest absolute Gasteiger partial charge is 0.329 e. The SMILES string of the molecule is CC1CN2CCCC2CN1C(=O)n1ccnc1. The average molecular weight is 234 g/mol. The third kappa shape index (κ3) is 1.84. The Labute approximate surface area is 101 Å². The van der Waals surface area contributed by atoms with Crippen LogP contribution in [0.4, 0.5) is 4.79 Å². The highest BCUT2D eigenvalue weighted by molar-refractivity contribution is 5.77. The lowest BCUT2D eigenvalue weighted by atomic mass is 10.1. The predicted octanol–water partition coefficient (Wildman–Crippen LogP) is 1.02. The molecule has 0 spiro atoms. The first kappa shape index (κ1) is 10.8. The van der Waals surface area contributed by atoms with Crippen LogP contribution in [-0.2, 0) is 0 Å². The van der Waals surface area contributed by atoms with Crippen molar-refractivity contribution in [3.8, 4) is 0 Å². The molecule has 2 fully saturated rings. The van der Waals surface area contributed by atoms with Gasteiger partial charge in [0.05, 0.1) is 0 Å². The number of hydrogen-bond acceptors (Lipinski definition) is 3.